The van der Waals surface area contributed by atoms with Gasteiger partial charge in [-0.2, -0.15) is 4.31 Å². The third-order valence-electron chi connectivity index (χ3n) is 5.08. The molecule has 2 aliphatic rings. The zero-order valence-electron chi connectivity index (χ0n) is 14.8. The zero-order valence-corrected chi connectivity index (χ0v) is 15.6. The summed E-state index contributed by atoms with van der Waals surface area (Å²) in [6.07, 6.45) is 4.11. The molecule has 6 nitrogen and oxygen atoms in total. The van der Waals surface area contributed by atoms with E-state index in [1.165, 1.54) is 4.31 Å². The van der Waals surface area contributed by atoms with E-state index in [2.05, 4.69) is 17.1 Å². The van der Waals surface area contributed by atoms with Gasteiger partial charge in [0.05, 0.1) is 11.4 Å². The van der Waals surface area contributed by atoms with Crippen molar-refractivity contribution in [2.45, 2.75) is 37.5 Å². The van der Waals surface area contributed by atoms with E-state index in [-0.39, 0.29) is 10.8 Å². The van der Waals surface area contributed by atoms with Gasteiger partial charge in [-0.1, -0.05) is 6.92 Å². The lowest BCUT2D eigenvalue weighted by Gasteiger charge is -2.29. The van der Waals surface area contributed by atoms with E-state index in [0.717, 1.165) is 44.7 Å². The zero-order chi connectivity index (χ0) is 17.9. The normalized spacial score (nSPS) is 20.7. The Morgan fingerprint density at radius 2 is 1.68 bits per heavy atom. The van der Waals surface area contributed by atoms with Crippen LogP contribution in [-0.2, 0) is 14.8 Å². The molecule has 0 spiro atoms. The van der Waals surface area contributed by atoms with Gasteiger partial charge >= 0.3 is 0 Å². The highest BCUT2D eigenvalue weighted by atomic mass is 32.2. The molecule has 0 atom stereocenters. The molecule has 0 aromatic heterocycles. The topological polar surface area (TPSA) is 69.7 Å². The summed E-state index contributed by atoms with van der Waals surface area (Å²) in [5.74, 6) is 0.689. The van der Waals surface area contributed by atoms with E-state index in [1.807, 2.05) is 0 Å². The van der Waals surface area contributed by atoms with Crippen LogP contribution in [0.4, 0.5) is 5.69 Å². The molecule has 1 amide bonds. The fourth-order valence-corrected chi connectivity index (χ4v) is 4.93. The molecular weight excluding hydrogens is 338 g/mol. The molecule has 0 unspecified atom stereocenters. The van der Waals surface area contributed by atoms with Crippen molar-refractivity contribution in [1.29, 1.82) is 0 Å². The van der Waals surface area contributed by atoms with E-state index in [4.69, 9.17) is 0 Å². The highest BCUT2D eigenvalue weighted by molar-refractivity contribution is 7.89. The molecule has 1 N–H and O–H groups in total. The van der Waals surface area contributed by atoms with Gasteiger partial charge in [0, 0.05) is 18.8 Å². The molecule has 1 aromatic rings. The highest BCUT2D eigenvalue weighted by Crippen LogP contribution is 2.22. The molecule has 3 rings (SSSR count). The van der Waals surface area contributed by atoms with Crippen LogP contribution in [-0.4, -0.2) is 56.3 Å². The predicted molar refractivity (Wildman–Crippen MR) is 97.9 cm³/mol. The van der Waals surface area contributed by atoms with Crippen LogP contribution in [0.1, 0.15) is 32.6 Å². The maximum atomic E-state index is 12.5. The Morgan fingerprint density at radius 3 is 2.28 bits per heavy atom. The SMILES string of the molecule is CC1CCN(CC(=O)Nc2ccc(S(=O)(=O)N3CCCC3)cc2)CC1. The fraction of sp³-hybridized carbons (Fsp3) is 0.611. The van der Waals surface area contributed by atoms with Crippen molar-refractivity contribution in [3.05, 3.63) is 24.3 Å². The van der Waals surface area contributed by atoms with Gasteiger partial charge in [-0.05, 0) is 69.0 Å². The van der Waals surface area contributed by atoms with Crippen LogP contribution in [0.5, 0.6) is 0 Å². The number of piperidine rings is 1. The number of nitrogens with one attached hydrogen (secondary N) is 1. The Hall–Kier alpha value is -1.44. The molecule has 1 aromatic carbocycles. The largest absolute Gasteiger partial charge is 0.325 e. The third-order valence-corrected chi connectivity index (χ3v) is 7.00. The van der Waals surface area contributed by atoms with E-state index in [1.54, 1.807) is 24.3 Å². The second-order valence-corrected chi connectivity index (χ2v) is 9.08. The Balaban J connectivity index is 1.56. The first-order chi connectivity index (χ1) is 11.9. The number of rotatable bonds is 5. The number of carbonyl (C=O) groups excluding carboxylic acids is 1. The van der Waals surface area contributed by atoms with Crippen molar-refractivity contribution in [2.75, 3.05) is 38.0 Å². The van der Waals surface area contributed by atoms with Gasteiger partial charge in [-0.3, -0.25) is 9.69 Å². The van der Waals surface area contributed by atoms with Gasteiger partial charge in [0.1, 0.15) is 0 Å². The van der Waals surface area contributed by atoms with Gasteiger partial charge in [-0.25, -0.2) is 8.42 Å². The highest BCUT2D eigenvalue weighted by Gasteiger charge is 2.27. The van der Waals surface area contributed by atoms with Crippen molar-refractivity contribution >= 4 is 21.6 Å². The van der Waals surface area contributed by atoms with Crippen molar-refractivity contribution in [3.8, 4) is 0 Å². The number of hydrogen-bond acceptors (Lipinski definition) is 4. The predicted octanol–water partition coefficient (Wildman–Crippen LogP) is 2.14. The standard InChI is InChI=1S/C18H27N3O3S/c1-15-8-12-20(13-9-15)14-18(22)19-16-4-6-17(7-5-16)25(23,24)21-10-2-3-11-21/h4-7,15H,2-3,8-14H2,1H3,(H,19,22). The summed E-state index contributed by atoms with van der Waals surface area (Å²) in [6.45, 7) is 5.74. The molecule has 0 radical (unpaired) electrons. The Morgan fingerprint density at radius 1 is 1.08 bits per heavy atom. The van der Waals surface area contributed by atoms with Gasteiger partial charge < -0.3 is 5.32 Å². The van der Waals surface area contributed by atoms with Crippen molar-refractivity contribution in [1.82, 2.24) is 9.21 Å². The molecule has 0 saturated carbocycles. The summed E-state index contributed by atoms with van der Waals surface area (Å²) in [6, 6.07) is 6.48. The number of amides is 1. The molecule has 138 valence electrons. The van der Waals surface area contributed by atoms with Crippen LogP contribution in [0.15, 0.2) is 29.2 Å². The monoisotopic (exact) mass is 365 g/mol. The maximum absolute atomic E-state index is 12.5. The van der Waals surface area contributed by atoms with E-state index >= 15 is 0 Å². The lowest BCUT2D eigenvalue weighted by atomic mass is 9.99. The van der Waals surface area contributed by atoms with Crippen LogP contribution >= 0.6 is 0 Å². The second-order valence-electron chi connectivity index (χ2n) is 7.14. The summed E-state index contributed by atoms with van der Waals surface area (Å²) in [7, 11) is -3.40. The van der Waals surface area contributed by atoms with E-state index in [0.29, 0.717) is 25.3 Å². The number of anilines is 1. The first kappa shape index (κ1) is 18.4. The minimum Gasteiger partial charge on any atom is -0.325 e. The molecule has 7 heteroatoms. The van der Waals surface area contributed by atoms with Crippen LogP contribution in [0.25, 0.3) is 0 Å². The molecule has 2 heterocycles. The van der Waals surface area contributed by atoms with Crippen molar-refractivity contribution in [2.24, 2.45) is 5.92 Å². The van der Waals surface area contributed by atoms with E-state index in [9.17, 15) is 13.2 Å². The third kappa shape index (κ3) is 4.59. The molecule has 0 aliphatic carbocycles. The summed E-state index contributed by atoms with van der Waals surface area (Å²) >= 11 is 0. The number of benzene rings is 1. The first-order valence-electron chi connectivity index (χ1n) is 9.07. The van der Waals surface area contributed by atoms with Crippen molar-refractivity contribution in [3.63, 3.8) is 0 Å². The number of hydrogen-bond donors (Lipinski definition) is 1. The second kappa shape index (κ2) is 7.85. The smallest absolute Gasteiger partial charge is 0.243 e. The van der Waals surface area contributed by atoms with Gasteiger partial charge in [-0.15, -0.1) is 0 Å². The number of nitrogens with zero attached hydrogens (tertiary/aromatic N) is 2. The number of sulfonamides is 1. The van der Waals surface area contributed by atoms with E-state index < -0.39 is 10.0 Å². The Bertz CT molecular complexity index is 689. The van der Waals surface area contributed by atoms with Crippen LogP contribution < -0.4 is 5.32 Å². The lowest BCUT2D eigenvalue weighted by molar-refractivity contribution is -0.117. The van der Waals surface area contributed by atoms with Gasteiger partial charge in [0.25, 0.3) is 0 Å². The Labute approximate surface area is 150 Å². The minimum absolute atomic E-state index is 0.0512. The van der Waals surface area contributed by atoms with Crippen LogP contribution in [0.2, 0.25) is 0 Å². The summed E-state index contributed by atoms with van der Waals surface area (Å²) in [5, 5.41) is 2.86. The molecular formula is C18H27N3O3S. The molecule has 2 aliphatic heterocycles. The number of carbonyl (C=O) groups is 1. The summed E-state index contributed by atoms with van der Waals surface area (Å²) < 4.78 is 26.5. The molecule has 25 heavy (non-hydrogen) atoms. The fourth-order valence-electron chi connectivity index (χ4n) is 3.41. The van der Waals surface area contributed by atoms with Gasteiger partial charge in [0.15, 0.2) is 0 Å². The summed E-state index contributed by atoms with van der Waals surface area (Å²) in [5.41, 5.74) is 0.635. The maximum Gasteiger partial charge on any atom is 0.243 e. The summed E-state index contributed by atoms with van der Waals surface area (Å²) in [4.78, 5) is 14.6. The molecule has 0 bridgehead atoms. The van der Waals surface area contributed by atoms with Crippen molar-refractivity contribution < 1.29 is 13.2 Å². The number of likely N-dealkylation sites (tertiary alicyclic amines) is 1. The average Bonchev–Trinajstić information content (AvgIpc) is 3.13. The lowest BCUT2D eigenvalue weighted by Crippen LogP contribution is -2.38. The molecule has 2 fully saturated rings. The molecule has 2 saturated heterocycles. The first-order valence-corrected chi connectivity index (χ1v) is 10.5. The van der Waals surface area contributed by atoms with Gasteiger partial charge in [0.2, 0.25) is 15.9 Å². The minimum atomic E-state index is -3.40. The average molecular weight is 365 g/mol. The van der Waals surface area contributed by atoms with Crippen LogP contribution in [0.3, 0.4) is 0 Å². The Kier molecular flexibility index (Phi) is 5.76. The quantitative estimate of drug-likeness (QED) is 0.868. The van der Waals surface area contributed by atoms with Crippen LogP contribution in [0, 0.1) is 5.92 Å².